The van der Waals surface area contributed by atoms with E-state index in [1.54, 1.807) is 12.1 Å². The number of halogens is 2. The molecule has 0 unspecified atom stereocenters. The first kappa shape index (κ1) is 22.3. The van der Waals surface area contributed by atoms with Gasteiger partial charge in [0.1, 0.15) is 0 Å². The van der Waals surface area contributed by atoms with Crippen molar-refractivity contribution in [2.75, 3.05) is 37.6 Å². The molecule has 1 spiro atoms. The molecule has 1 aromatic carbocycles. The number of hydrogen-bond donors (Lipinski definition) is 1. The van der Waals surface area contributed by atoms with Gasteiger partial charge in [-0.2, -0.15) is 0 Å². The van der Waals surface area contributed by atoms with Crippen molar-refractivity contribution in [3.8, 4) is 0 Å². The number of hydrogen-bond acceptors (Lipinski definition) is 3. The fraction of sp³-hybridized carbons (Fsp3) is 0.640. The van der Waals surface area contributed by atoms with Gasteiger partial charge < -0.3 is 10.0 Å². The van der Waals surface area contributed by atoms with Crippen LogP contribution >= 0.6 is 0 Å². The molecule has 3 aliphatic rings. The van der Waals surface area contributed by atoms with Gasteiger partial charge in [-0.25, -0.2) is 13.6 Å². The van der Waals surface area contributed by atoms with Gasteiger partial charge in [0.2, 0.25) is 6.43 Å². The van der Waals surface area contributed by atoms with Gasteiger partial charge in [0.15, 0.2) is 0 Å². The molecule has 2 fully saturated rings. The normalized spacial score (nSPS) is 21.6. The third kappa shape index (κ3) is 5.46. The van der Waals surface area contributed by atoms with Crippen LogP contribution in [0.25, 0.3) is 0 Å². The zero-order valence-electron chi connectivity index (χ0n) is 18.3. The van der Waals surface area contributed by atoms with E-state index in [1.165, 1.54) is 36.8 Å². The van der Waals surface area contributed by atoms with E-state index in [9.17, 15) is 13.6 Å². The number of carboxylic acid groups (broad SMARTS) is 1. The van der Waals surface area contributed by atoms with Crippen LogP contribution < -0.4 is 4.90 Å². The quantitative estimate of drug-likeness (QED) is 0.544. The SMILES string of the molecule is O=C(O)c1ccc(N2CCN(CC3=C(CCCC(F)F)CC4(CCC4)CC3)CC2)cc1. The highest BCUT2D eigenvalue weighted by Gasteiger charge is 2.40. The fourth-order valence-corrected chi connectivity index (χ4v) is 5.54. The molecular formula is C25H34F2N2O2. The third-order valence-corrected chi connectivity index (χ3v) is 7.63. The van der Waals surface area contributed by atoms with Gasteiger partial charge >= 0.3 is 5.97 Å². The standard InChI is InChI=1S/C25H34F2N2O2/c26-23(27)4-1-3-20-17-25(10-2-11-25)12-9-21(20)18-28-13-15-29(16-14-28)22-7-5-19(6-8-22)24(30)31/h5-8,23H,1-4,9-18H2,(H,30,31). The maximum Gasteiger partial charge on any atom is 0.335 e. The Kier molecular flexibility index (Phi) is 6.95. The molecule has 1 aliphatic heterocycles. The van der Waals surface area contributed by atoms with E-state index in [4.69, 9.17) is 5.11 Å². The second kappa shape index (κ2) is 9.68. The Hall–Kier alpha value is -1.95. The first-order valence-electron chi connectivity index (χ1n) is 11.7. The van der Waals surface area contributed by atoms with E-state index >= 15 is 0 Å². The Balaban J connectivity index is 1.34. The fourth-order valence-electron chi connectivity index (χ4n) is 5.54. The molecule has 0 atom stereocenters. The predicted octanol–water partition coefficient (Wildman–Crippen LogP) is 5.59. The Bertz CT molecular complexity index is 794. The molecule has 6 heteroatoms. The highest BCUT2D eigenvalue weighted by Crippen LogP contribution is 2.53. The molecule has 1 heterocycles. The zero-order chi connectivity index (χ0) is 21.8. The van der Waals surface area contributed by atoms with Gasteiger partial charge in [-0.3, -0.25) is 4.90 Å². The number of rotatable bonds is 8. The second-order valence-corrected chi connectivity index (χ2v) is 9.64. The van der Waals surface area contributed by atoms with E-state index in [0.717, 1.165) is 57.7 Å². The summed E-state index contributed by atoms with van der Waals surface area (Å²) >= 11 is 0. The molecule has 1 saturated carbocycles. The van der Waals surface area contributed by atoms with Gasteiger partial charge in [0.25, 0.3) is 0 Å². The largest absolute Gasteiger partial charge is 0.478 e. The first-order valence-corrected chi connectivity index (χ1v) is 11.7. The van der Waals surface area contributed by atoms with Crippen molar-refractivity contribution < 1.29 is 18.7 Å². The Morgan fingerprint density at radius 2 is 1.74 bits per heavy atom. The Morgan fingerprint density at radius 1 is 1.03 bits per heavy atom. The summed E-state index contributed by atoms with van der Waals surface area (Å²) in [6, 6.07) is 7.11. The van der Waals surface area contributed by atoms with Crippen LogP contribution in [0.1, 0.15) is 68.1 Å². The molecule has 4 nitrogen and oxygen atoms in total. The molecule has 170 valence electrons. The minimum atomic E-state index is -2.19. The van der Waals surface area contributed by atoms with Crippen molar-refractivity contribution in [3.05, 3.63) is 41.0 Å². The van der Waals surface area contributed by atoms with Crippen molar-refractivity contribution >= 4 is 11.7 Å². The monoisotopic (exact) mass is 432 g/mol. The van der Waals surface area contributed by atoms with Crippen molar-refractivity contribution in [3.63, 3.8) is 0 Å². The zero-order valence-corrected chi connectivity index (χ0v) is 18.3. The topological polar surface area (TPSA) is 43.8 Å². The van der Waals surface area contributed by atoms with Crippen LogP contribution in [-0.2, 0) is 0 Å². The Morgan fingerprint density at radius 3 is 2.32 bits per heavy atom. The molecule has 0 bridgehead atoms. The molecular weight excluding hydrogens is 398 g/mol. The van der Waals surface area contributed by atoms with Crippen LogP contribution in [-0.4, -0.2) is 55.1 Å². The molecule has 0 aromatic heterocycles. The number of allylic oxidation sites excluding steroid dienone is 1. The summed E-state index contributed by atoms with van der Waals surface area (Å²) in [4.78, 5) is 15.9. The molecule has 1 saturated heterocycles. The number of benzene rings is 1. The highest BCUT2D eigenvalue weighted by molar-refractivity contribution is 5.88. The molecule has 2 aliphatic carbocycles. The maximum absolute atomic E-state index is 12.7. The summed E-state index contributed by atoms with van der Waals surface area (Å²) in [6.07, 6.45) is 6.79. The van der Waals surface area contributed by atoms with E-state index in [-0.39, 0.29) is 6.42 Å². The third-order valence-electron chi connectivity index (χ3n) is 7.63. The lowest BCUT2D eigenvalue weighted by molar-refractivity contribution is 0.0696. The Labute approximate surface area is 183 Å². The number of anilines is 1. The van der Waals surface area contributed by atoms with Gasteiger partial charge in [-0.05, 0) is 74.6 Å². The lowest BCUT2D eigenvalue weighted by atomic mass is 9.59. The minimum Gasteiger partial charge on any atom is -0.478 e. The van der Waals surface area contributed by atoms with Crippen molar-refractivity contribution in [1.82, 2.24) is 4.90 Å². The average molecular weight is 433 g/mol. The number of piperazine rings is 1. The van der Waals surface area contributed by atoms with E-state index in [1.807, 2.05) is 12.1 Å². The summed E-state index contributed by atoms with van der Waals surface area (Å²) in [7, 11) is 0. The number of carbonyl (C=O) groups is 1. The van der Waals surface area contributed by atoms with E-state index in [0.29, 0.717) is 17.4 Å². The highest BCUT2D eigenvalue weighted by atomic mass is 19.3. The van der Waals surface area contributed by atoms with Gasteiger partial charge in [-0.15, -0.1) is 0 Å². The maximum atomic E-state index is 12.7. The molecule has 1 aromatic rings. The van der Waals surface area contributed by atoms with E-state index in [2.05, 4.69) is 9.80 Å². The molecule has 4 rings (SSSR count). The van der Waals surface area contributed by atoms with Crippen LogP contribution in [0.2, 0.25) is 0 Å². The smallest absolute Gasteiger partial charge is 0.335 e. The van der Waals surface area contributed by atoms with Crippen LogP contribution in [0.5, 0.6) is 0 Å². The first-order chi connectivity index (χ1) is 14.9. The summed E-state index contributed by atoms with van der Waals surface area (Å²) in [6.45, 7) is 4.76. The number of aromatic carboxylic acids is 1. The van der Waals surface area contributed by atoms with Crippen molar-refractivity contribution in [2.24, 2.45) is 5.41 Å². The lowest BCUT2D eigenvalue weighted by Gasteiger charge is -2.47. The summed E-state index contributed by atoms with van der Waals surface area (Å²) in [5.74, 6) is -0.898. The molecule has 1 N–H and O–H groups in total. The molecule has 31 heavy (non-hydrogen) atoms. The number of carboxylic acids is 1. The number of alkyl halides is 2. The van der Waals surface area contributed by atoms with Crippen LogP contribution in [0, 0.1) is 5.41 Å². The van der Waals surface area contributed by atoms with Gasteiger partial charge in [0.05, 0.1) is 5.56 Å². The average Bonchev–Trinajstić information content (AvgIpc) is 2.74. The van der Waals surface area contributed by atoms with Crippen molar-refractivity contribution in [1.29, 1.82) is 0 Å². The number of nitrogens with zero attached hydrogens (tertiary/aromatic N) is 2. The molecule has 0 radical (unpaired) electrons. The van der Waals surface area contributed by atoms with Crippen LogP contribution in [0.3, 0.4) is 0 Å². The van der Waals surface area contributed by atoms with E-state index < -0.39 is 12.4 Å². The predicted molar refractivity (Wildman–Crippen MR) is 119 cm³/mol. The molecule has 0 amide bonds. The van der Waals surface area contributed by atoms with Gasteiger partial charge in [0, 0.05) is 44.8 Å². The summed E-state index contributed by atoms with van der Waals surface area (Å²) in [5.41, 5.74) is 4.88. The lowest BCUT2D eigenvalue weighted by Crippen LogP contribution is -2.47. The van der Waals surface area contributed by atoms with Gasteiger partial charge in [-0.1, -0.05) is 17.6 Å². The second-order valence-electron chi connectivity index (χ2n) is 9.64. The summed E-state index contributed by atoms with van der Waals surface area (Å²) in [5, 5.41) is 9.07. The minimum absolute atomic E-state index is 0.0170. The van der Waals surface area contributed by atoms with Crippen molar-refractivity contribution in [2.45, 2.75) is 64.2 Å². The van der Waals surface area contributed by atoms with Crippen LogP contribution in [0.4, 0.5) is 14.5 Å². The van der Waals surface area contributed by atoms with Crippen LogP contribution in [0.15, 0.2) is 35.4 Å². The summed E-state index contributed by atoms with van der Waals surface area (Å²) < 4.78 is 25.3.